The summed E-state index contributed by atoms with van der Waals surface area (Å²) in [6.45, 7) is -0.0497. The Bertz CT molecular complexity index is 873. The number of fused-ring (bicyclic) bond motifs is 1. The van der Waals surface area contributed by atoms with Gasteiger partial charge in [0.2, 0.25) is 10.0 Å². The largest absolute Gasteiger partial charge is 0.387 e. The molecule has 114 valence electrons. The van der Waals surface area contributed by atoms with Gasteiger partial charge in [-0.15, -0.1) is 0 Å². The van der Waals surface area contributed by atoms with Gasteiger partial charge >= 0.3 is 0 Å². The molecule has 0 bridgehead atoms. The van der Waals surface area contributed by atoms with Gasteiger partial charge in [0.1, 0.15) is 0 Å². The van der Waals surface area contributed by atoms with E-state index in [0.717, 1.165) is 10.8 Å². The fraction of sp³-hybridized carbons (Fsp3) is 0.125. The Balaban J connectivity index is 1.79. The number of hydrogen-bond donors (Lipinski definition) is 2. The van der Waals surface area contributed by atoms with E-state index in [2.05, 4.69) is 4.72 Å². The molecule has 2 N–H and O–H groups in total. The van der Waals surface area contributed by atoms with Gasteiger partial charge in [-0.3, -0.25) is 0 Å². The highest BCUT2D eigenvalue weighted by Gasteiger charge is 2.17. The molecular formula is C16H15NO3S2. The molecule has 0 amide bonds. The summed E-state index contributed by atoms with van der Waals surface area (Å²) in [7, 11) is -3.64. The lowest BCUT2D eigenvalue weighted by Crippen LogP contribution is -2.28. The lowest BCUT2D eigenvalue weighted by molar-refractivity contribution is 0.182. The third-order valence-electron chi connectivity index (χ3n) is 3.43. The first kappa shape index (κ1) is 15.2. The van der Waals surface area contributed by atoms with E-state index in [1.165, 1.54) is 11.3 Å². The predicted molar refractivity (Wildman–Crippen MR) is 88.4 cm³/mol. The van der Waals surface area contributed by atoms with Crippen LogP contribution >= 0.6 is 11.3 Å². The van der Waals surface area contributed by atoms with Crippen LogP contribution in [0.1, 0.15) is 11.7 Å². The molecule has 0 aliphatic heterocycles. The molecule has 0 saturated heterocycles. The minimum absolute atomic E-state index is 0.0497. The zero-order chi connectivity index (χ0) is 15.6. The highest BCUT2D eigenvalue weighted by molar-refractivity contribution is 7.89. The van der Waals surface area contributed by atoms with Crippen molar-refractivity contribution >= 4 is 32.1 Å². The summed E-state index contributed by atoms with van der Waals surface area (Å²) in [5.41, 5.74) is 0.714. The van der Waals surface area contributed by atoms with E-state index in [1.807, 2.05) is 29.6 Å². The molecule has 0 aliphatic carbocycles. The van der Waals surface area contributed by atoms with Crippen LogP contribution in [0.5, 0.6) is 0 Å². The number of hydrogen-bond acceptors (Lipinski definition) is 4. The maximum absolute atomic E-state index is 12.3. The van der Waals surface area contributed by atoms with Gasteiger partial charge in [-0.1, -0.05) is 30.3 Å². The summed E-state index contributed by atoms with van der Waals surface area (Å²) < 4.78 is 27.1. The molecule has 6 heteroatoms. The van der Waals surface area contributed by atoms with E-state index in [0.29, 0.717) is 5.56 Å². The molecule has 0 fully saturated rings. The summed E-state index contributed by atoms with van der Waals surface area (Å²) in [6.07, 6.45) is -0.846. The normalized spacial score (nSPS) is 13.3. The van der Waals surface area contributed by atoms with E-state index >= 15 is 0 Å². The Kier molecular flexibility index (Phi) is 4.26. The molecule has 1 heterocycles. The Morgan fingerprint density at radius 1 is 1.09 bits per heavy atom. The van der Waals surface area contributed by atoms with Crippen molar-refractivity contribution in [2.45, 2.75) is 11.0 Å². The van der Waals surface area contributed by atoms with Crippen molar-refractivity contribution in [1.82, 2.24) is 4.72 Å². The minimum atomic E-state index is -3.64. The second kappa shape index (κ2) is 6.18. The maximum atomic E-state index is 12.3. The maximum Gasteiger partial charge on any atom is 0.240 e. The molecule has 1 unspecified atom stereocenters. The Morgan fingerprint density at radius 2 is 1.86 bits per heavy atom. The topological polar surface area (TPSA) is 66.4 Å². The van der Waals surface area contributed by atoms with Crippen LogP contribution < -0.4 is 4.72 Å². The number of rotatable bonds is 5. The van der Waals surface area contributed by atoms with Gasteiger partial charge in [0.25, 0.3) is 0 Å². The van der Waals surface area contributed by atoms with Crippen LogP contribution in [0.4, 0.5) is 0 Å². The molecule has 0 radical (unpaired) electrons. The molecule has 4 nitrogen and oxygen atoms in total. The first-order valence-corrected chi connectivity index (χ1v) is 9.17. The molecule has 22 heavy (non-hydrogen) atoms. The zero-order valence-electron chi connectivity index (χ0n) is 11.6. The summed E-state index contributed by atoms with van der Waals surface area (Å²) in [4.78, 5) is 0.198. The van der Waals surface area contributed by atoms with Gasteiger partial charge in [-0.05, 0) is 45.3 Å². The lowest BCUT2D eigenvalue weighted by Gasteiger charge is -2.11. The van der Waals surface area contributed by atoms with E-state index in [9.17, 15) is 13.5 Å². The van der Waals surface area contributed by atoms with Gasteiger partial charge < -0.3 is 5.11 Å². The number of aliphatic hydroxyl groups is 1. The second-order valence-electron chi connectivity index (χ2n) is 4.93. The third kappa shape index (κ3) is 3.20. The van der Waals surface area contributed by atoms with Crippen LogP contribution in [0.15, 0.2) is 64.2 Å². The molecular weight excluding hydrogens is 318 g/mol. The van der Waals surface area contributed by atoms with Crippen molar-refractivity contribution in [3.05, 3.63) is 64.9 Å². The number of thiophene rings is 1. The van der Waals surface area contributed by atoms with Gasteiger partial charge in [-0.2, -0.15) is 11.3 Å². The van der Waals surface area contributed by atoms with Crippen molar-refractivity contribution in [1.29, 1.82) is 0 Å². The van der Waals surface area contributed by atoms with Crippen molar-refractivity contribution < 1.29 is 13.5 Å². The Labute approximate surface area is 133 Å². The van der Waals surface area contributed by atoms with Gasteiger partial charge in [0, 0.05) is 6.54 Å². The van der Waals surface area contributed by atoms with E-state index in [-0.39, 0.29) is 11.4 Å². The average molecular weight is 333 g/mol. The molecule has 0 spiro atoms. The van der Waals surface area contributed by atoms with E-state index in [1.54, 1.807) is 29.6 Å². The Hall–Kier alpha value is -1.73. The molecule has 0 aliphatic rings. The van der Waals surface area contributed by atoms with E-state index in [4.69, 9.17) is 0 Å². The first-order valence-electron chi connectivity index (χ1n) is 6.75. The van der Waals surface area contributed by atoms with Crippen LogP contribution in [-0.4, -0.2) is 20.1 Å². The molecule has 0 saturated carbocycles. The van der Waals surface area contributed by atoms with Crippen LogP contribution in [0.3, 0.4) is 0 Å². The van der Waals surface area contributed by atoms with Crippen molar-refractivity contribution in [3.8, 4) is 0 Å². The second-order valence-corrected chi connectivity index (χ2v) is 7.48. The smallest absolute Gasteiger partial charge is 0.240 e. The van der Waals surface area contributed by atoms with Crippen molar-refractivity contribution in [2.24, 2.45) is 0 Å². The number of sulfonamides is 1. The molecule has 1 atom stereocenters. The quantitative estimate of drug-likeness (QED) is 0.754. The molecule has 3 rings (SSSR count). The van der Waals surface area contributed by atoms with Gasteiger partial charge in [0.05, 0.1) is 11.0 Å². The van der Waals surface area contributed by atoms with Crippen LogP contribution in [0.2, 0.25) is 0 Å². The minimum Gasteiger partial charge on any atom is -0.387 e. The standard InChI is InChI=1S/C16H15NO3S2/c18-16(14-7-8-21-11-14)10-17-22(19,20)15-6-5-12-3-1-2-4-13(12)9-15/h1-9,11,16-18H,10H2. The highest BCUT2D eigenvalue weighted by Crippen LogP contribution is 2.20. The molecule has 3 aromatic rings. The fourth-order valence-corrected chi connectivity index (χ4v) is 3.97. The number of aliphatic hydroxyl groups excluding tert-OH is 1. The first-order chi connectivity index (χ1) is 10.6. The average Bonchev–Trinajstić information content (AvgIpc) is 3.07. The van der Waals surface area contributed by atoms with E-state index < -0.39 is 16.1 Å². The van der Waals surface area contributed by atoms with Gasteiger partial charge in [0.15, 0.2) is 0 Å². The zero-order valence-corrected chi connectivity index (χ0v) is 13.3. The molecule has 2 aromatic carbocycles. The van der Waals surface area contributed by atoms with Crippen LogP contribution in [-0.2, 0) is 10.0 Å². The Morgan fingerprint density at radius 3 is 2.59 bits per heavy atom. The monoisotopic (exact) mass is 333 g/mol. The highest BCUT2D eigenvalue weighted by atomic mass is 32.2. The molecule has 1 aromatic heterocycles. The third-order valence-corrected chi connectivity index (χ3v) is 5.55. The summed E-state index contributed by atoms with van der Waals surface area (Å²) >= 11 is 1.46. The fourth-order valence-electron chi connectivity index (χ4n) is 2.19. The number of nitrogens with one attached hydrogen (secondary N) is 1. The predicted octanol–water partition coefficient (Wildman–Crippen LogP) is 2.91. The SMILES string of the molecule is O=S(=O)(NCC(O)c1ccsc1)c1ccc2ccccc2c1. The van der Waals surface area contributed by atoms with Crippen molar-refractivity contribution in [3.63, 3.8) is 0 Å². The van der Waals surface area contributed by atoms with Gasteiger partial charge in [-0.25, -0.2) is 13.1 Å². The summed E-state index contributed by atoms with van der Waals surface area (Å²) in [6, 6.07) is 14.3. The summed E-state index contributed by atoms with van der Waals surface area (Å²) in [5.74, 6) is 0. The van der Waals surface area contributed by atoms with Crippen molar-refractivity contribution in [2.75, 3.05) is 6.54 Å². The van der Waals surface area contributed by atoms with Crippen LogP contribution in [0, 0.1) is 0 Å². The number of benzene rings is 2. The lowest BCUT2D eigenvalue weighted by atomic mass is 10.1. The van der Waals surface area contributed by atoms with Crippen LogP contribution in [0.25, 0.3) is 10.8 Å². The summed E-state index contributed by atoms with van der Waals surface area (Å²) in [5, 5.41) is 15.5.